The van der Waals surface area contributed by atoms with Gasteiger partial charge in [0.25, 0.3) is 0 Å². The van der Waals surface area contributed by atoms with Gasteiger partial charge in [-0.05, 0) is 6.07 Å². The minimum atomic E-state index is -1.02. The molecule has 20 heavy (non-hydrogen) atoms. The average Bonchev–Trinajstić information content (AvgIpc) is 2.73. The number of hydrogen-bond donors (Lipinski definition) is 0. The summed E-state index contributed by atoms with van der Waals surface area (Å²) in [6.07, 6.45) is 0. The third kappa shape index (κ3) is 2.32. The van der Waals surface area contributed by atoms with Crippen LogP contribution in [0, 0.1) is 23.0 Å². The Labute approximate surface area is 113 Å². The van der Waals surface area contributed by atoms with Crippen LogP contribution < -0.4 is 5.76 Å². The quantitative estimate of drug-likeness (QED) is 0.802. The monoisotopic (exact) mass is 279 g/mol. The average molecular weight is 279 g/mol. The van der Waals surface area contributed by atoms with Gasteiger partial charge in [0.15, 0.2) is 5.82 Å². The molecule has 0 saturated heterocycles. The maximum Gasteiger partial charge on any atom is 0.442 e. The molecule has 2 aromatic rings. The molecule has 0 bridgehead atoms. The summed E-state index contributed by atoms with van der Waals surface area (Å²) in [7, 11) is 0. The van der Waals surface area contributed by atoms with Gasteiger partial charge in [-0.15, -0.1) is 5.10 Å². The first-order valence-electron chi connectivity index (χ1n) is 5.74. The Morgan fingerprint density at radius 2 is 2.00 bits per heavy atom. The van der Waals surface area contributed by atoms with E-state index in [4.69, 9.17) is 9.68 Å². The fourth-order valence-corrected chi connectivity index (χ4v) is 1.54. The van der Waals surface area contributed by atoms with Crippen molar-refractivity contribution in [3.8, 4) is 11.8 Å². The van der Waals surface area contributed by atoms with E-state index in [1.807, 2.05) is 0 Å². The molecule has 0 atom stereocenters. The summed E-state index contributed by atoms with van der Waals surface area (Å²) in [5.74, 6) is -2.72. The molecule has 0 aliphatic rings. The minimum Gasteiger partial charge on any atom is -0.391 e. The highest BCUT2D eigenvalue weighted by Crippen LogP contribution is 2.21. The normalized spacial score (nSPS) is 11.4. The Hall–Kier alpha value is -2.49. The van der Waals surface area contributed by atoms with Crippen LogP contribution in [0.15, 0.2) is 21.3 Å². The molecule has 1 heterocycles. The molecule has 1 aromatic carbocycles. The zero-order chi connectivity index (χ0) is 15.1. The first-order chi connectivity index (χ1) is 9.24. The van der Waals surface area contributed by atoms with Gasteiger partial charge in [-0.1, -0.05) is 20.8 Å². The van der Waals surface area contributed by atoms with Crippen molar-refractivity contribution in [2.45, 2.75) is 26.2 Å². The predicted molar refractivity (Wildman–Crippen MR) is 65.4 cm³/mol. The van der Waals surface area contributed by atoms with Gasteiger partial charge in [0.05, 0.1) is 5.56 Å². The van der Waals surface area contributed by atoms with Crippen LogP contribution in [-0.2, 0) is 5.41 Å². The first kappa shape index (κ1) is 13.9. The fourth-order valence-electron chi connectivity index (χ4n) is 1.54. The van der Waals surface area contributed by atoms with E-state index in [0.717, 1.165) is 12.1 Å². The molecule has 0 spiro atoms. The number of rotatable bonds is 1. The minimum absolute atomic E-state index is 0.0877. The smallest absolute Gasteiger partial charge is 0.391 e. The molecular weight excluding hydrogens is 268 g/mol. The lowest BCUT2D eigenvalue weighted by Crippen LogP contribution is -2.16. The van der Waals surface area contributed by atoms with Gasteiger partial charge >= 0.3 is 5.76 Å². The van der Waals surface area contributed by atoms with Crippen molar-refractivity contribution in [3.05, 3.63) is 45.8 Å². The van der Waals surface area contributed by atoms with Crippen molar-refractivity contribution in [1.29, 1.82) is 5.26 Å². The number of hydrogen-bond acceptors (Lipinski definition) is 4. The highest BCUT2D eigenvalue weighted by molar-refractivity contribution is 5.43. The third-order valence-electron chi connectivity index (χ3n) is 2.56. The maximum absolute atomic E-state index is 14.0. The van der Waals surface area contributed by atoms with Gasteiger partial charge in [-0.25, -0.2) is 13.6 Å². The van der Waals surface area contributed by atoms with E-state index < -0.39 is 34.1 Å². The van der Waals surface area contributed by atoms with E-state index >= 15 is 0 Å². The van der Waals surface area contributed by atoms with E-state index in [-0.39, 0.29) is 5.89 Å². The Bertz CT molecular complexity index is 763. The highest BCUT2D eigenvalue weighted by Gasteiger charge is 2.24. The Morgan fingerprint density at radius 1 is 1.35 bits per heavy atom. The third-order valence-corrected chi connectivity index (χ3v) is 2.56. The summed E-state index contributed by atoms with van der Waals surface area (Å²) >= 11 is 0. The molecule has 5 nitrogen and oxygen atoms in total. The van der Waals surface area contributed by atoms with Crippen LogP contribution in [0.2, 0.25) is 0 Å². The van der Waals surface area contributed by atoms with Crippen molar-refractivity contribution in [3.63, 3.8) is 0 Å². The number of nitrogens with zero attached hydrogens (tertiary/aromatic N) is 3. The molecule has 0 unspecified atom stereocenters. The zero-order valence-corrected chi connectivity index (χ0v) is 11.1. The van der Waals surface area contributed by atoms with E-state index in [2.05, 4.69) is 5.10 Å². The summed E-state index contributed by atoms with van der Waals surface area (Å²) in [6, 6.07) is 3.04. The Kier molecular flexibility index (Phi) is 3.18. The SMILES string of the molecule is CC(C)(C)c1nn(-c2cc(F)cc(C#N)c2F)c(=O)o1. The van der Waals surface area contributed by atoms with Gasteiger partial charge < -0.3 is 4.42 Å². The number of nitriles is 1. The molecule has 0 aliphatic carbocycles. The second-order valence-electron chi connectivity index (χ2n) is 5.23. The summed E-state index contributed by atoms with van der Waals surface area (Å²) in [4.78, 5) is 11.7. The Balaban J connectivity index is 2.70. The topological polar surface area (TPSA) is 71.8 Å². The molecule has 0 amide bonds. The molecule has 0 fully saturated rings. The lowest BCUT2D eigenvalue weighted by Gasteiger charge is -2.11. The molecule has 0 saturated carbocycles. The van der Waals surface area contributed by atoms with Crippen molar-refractivity contribution >= 4 is 0 Å². The second-order valence-corrected chi connectivity index (χ2v) is 5.23. The molecule has 7 heteroatoms. The van der Waals surface area contributed by atoms with Crippen molar-refractivity contribution < 1.29 is 13.2 Å². The van der Waals surface area contributed by atoms with Crippen LogP contribution in [-0.4, -0.2) is 9.78 Å². The molecule has 1 aromatic heterocycles. The van der Waals surface area contributed by atoms with Crippen molar-refractivity contribution in [2.75, 3.05) is 0 Å². The van der Waals surface area contributed by atoms with Gasteiger partial charge in [-0.3, -0.25) is 0 Å². The summed E-state index contributed by atoms with van der Waals surface area (Å²) < 4.78 is 32.9. The molecule has 104 valence electrons. The van der Waals surface area contributed by atoms with Crippen molar-refractivity contribution in [1.82, 2.24) is 9.78 Å². The van der Waals surface area contributed by atoms with Gasteiger partial charge in [0.2, 0.25) is 5.89 Å². The molecule has 2 rings (SSSR count). The van der Waals surface area contributed by atoms with Crippen molar-refractivity contribution in [2.24, 2.45) is 0 Å². The number of halogens is 2. The first-order valence-corrected chi connectivity index (χ1v) is 5.74. The molecular formula is C13H11F2N3O2. The van der Waals surface area contributed by atoms with Crippen LogP contribution in [0.1, 0.15) is 32.2 Å². The fraction of sp³-hybridized carbons (Fsp3) is 0.308. The molecule has 0 N–H and O–H groups in total. The van der Waals surface area contributed by atoms with Gasteiger partial charge in [0.1, 0.15) is 17.6 Å². The van der Waals surface area contributed by atoms with E-state index in [1.165, 1.54) is 6.07 Å². The summed E-state index contributed by atoms with van der Waals surface area (Å²) in [6.45, 7) is 5.27. The number of benzene rings is 1. The molecule has 0 radical (unpaired) electrons. The van der Waals surface area contributed by atoms with E-state index in [9.17, 15) is 13.6 Å². The van der Waals surface area contributed by atoms with Crippen LogP contribution in [0.4, 0.5) is 8.78 Å². The largest absolute Gasteiger partial charge is 0.442 e. The van der Waals surface area contributed by atoms with Crippen LogP contribution in [0.3, 0.4) is 0 Å². The highest BCUT2D eigenvalue weighted by atomic mass is 19.1. The number of aromatic nitrogens is 2. The summed E-state index contributed by atoms with van der Waals surface area (Å²) in [5, 5.41) is 12.6. The van der Waals surface area contributed by atoms with Crippen LogP contribution >= 0.6 is 0 Å². The maximum atomic E-state index is 14.0. The Morgan fingerprint density at radius 3 is 2.50 bits per heavy atom. The lowest BCUT2D eigenvalue weighted by atomic mass is 9.97. The molecule has 0 aliphatic heterocycles. The lowest BCUT2D eigenvalue weighted by molar-refractivity contribution is 0.375. The van der Waals surface area contributed by atoms with E-state index in [0.29, 0.717) is 4.68 Å². The van der Waals surface area contributed by atoms with Gasteiger partial charge in [0, 0.05) is 11.5 Å². The zero-order valence-electron chi connectivity index (χ0n) is 11.1. The van der Waals surface area contributed by atoms with Crippen LogP contribution in [0.25, 0.3) is 5.69 Å². The van der Waals surface area contributed by atoms with Gasteiger partial charge in [-0.2, -0.15) is 9.94 Å². The second kappa shape index (κ2) is 4.56. The standard InChI is InChI=1S/C13H11F2N3O2/c1-13(2,3)11-17-18(12(19)20-11)9-5-8(14)4-7(6-16)10(9)15/h4-5H,1-3H3. The summed E-state index contributed by atoms with van der Waals surface area (Å²) in [5.41, 5.74) is -1.52. The predicted octanol–water partition coefficient (Wildman–Crippen LogP) is 2.27. The van der Waals surface area contributed by atoms with Crippen LogP contribution in [0.5, 0.6) is 0 Å². The van der Waals surface area contributed by atoms with E-state index in [1.54, 1.807) is 20.8 Å².